The number of nitrogens with zero attached hydrogens (tertiary/aromatic N) is 2. The van der Waals surface area contributed by atoms with Gasteiger partial charge in [0.25, 0.3) is 5.91 Å². The second kappa shape index (κ2) is 11.3. The average Bonchev–Trinajstić information content (AvgIpc) is 3.35. The maximum atomic E-state index is 14.7. The number of para-hydroxylation sites is 1. The highest BCUT2D eigenvalue weighted by Gasteiger charge is 2.75. The Balaban J connectivity index is 1.93. The molecule has 0 saturated carbocycles. The maximum Gasteiger partial charge on any atom is 0.350 e. The van der Waals surface area contributed by atoms with Gasteiger partial charge in [-0.05, 0) is 46.4 Å². The summed E-state index contributed by atoms with van der Waals surface area (Å²) >= 11 is 0. The molecule has 2 aliphatic rings. The van der Waals surface area contributed by atoms with Crippen molar-refractivity contribution in [2.75, 3.05) is 44.9 Å². The molecule has 208 valence electrons. The fourth-order valence-electron chi connectivity index (χ4n) is 5.84. The van der Waals surface area contributed by atoms with E-state index in [1.54, 1.807) is 39.6 Å². The molecule has 11 heteroatoms. The third-order valence-electron chi connectivity index (χ3n) is 7.32. The van der Waals surface area contributed by atoms with Crippen LogP contribution in [0, 0.1) is 0 Å². The van der Waals surface area contributed by atoms with Crippen LogP contribution in [-0.2, 0) is 44.1 Å². The highest BCUT2D eigenvalue weighted by Crippen LogP contribution is 2.82. The quantitative estimate of drug-likeness (QED) is 0.290. The molecule has 2 aliphatic heterocycles. The van der Waals surface area contributed by atoms with Gasteiger partial charge in [-0.25, -0.2) is 0 Å². The van der Waals surface area contributed by atoms with E-state index in [9.17, 15) is 13.9 Å². The van der Waals surface area contributed by atoms with Crippen LogP contribution in [0.15, 0.2) is 54.6 Å². The normalized spacial score (nSPS) is 21.4. The smallest absolute Gasteiger partial charge is 0.308 e. The van der Waals surface area contributed by atoms with Gasteiger partial charge in [0.15, 0.2) is 4.90 Å². The molecule has 1 atom stereocenters. The van der Waals surface area contributed by atoms with Gasteiger partial charge in [-0.15, -0.1) is 0 Å². The van der Waals surface area contributed by atoms with Gasteiger partial charge in [-0.3, -0.25) is 18.8 Å². The second-order valence-electron chi connectivity index (χ2n) is 9.44. The van der Waals surface area contributed by atoms with Crippen molar-refractivity contribution in [2.24, 2.45) is 0 Å². The van der Waals surface area contributed by atoms with Crippen molar-refractivity contribution in [3.05, 3.63) is 65.7 Å². The van der Waals surface area contributed by atoms with Gasteiger partial charge >= 0.3 is 15.2 Å². The highest BCUT2D eigenvalue weighted by molar-refractivity contribution is 7.74. The Morgan fingerprint density at radius 3 is 1.82 bits per heavy atom. The van der Waals surface area contributed by atoms with Gasteiger partial charge in [0, 0.05) is 24.2 Å². The first kappa shape index (κ1) is 29.2. The summed E-state index contributed by atoms with van der Waals surface area (Å²) < 4.78 is 52.7. The van der Waals surface area contributed by atoms with Crippen LogP contribution >= 0.6 is 15.2 Å². The van der Waals surface area contributed by atoms with Gasteiger partial charge in [0.05, 0.1) is 33.0 Å². The third kappa shape index (κ3) is 4.43. The molecule has 1 spiro atoms. The number of likely N-dealkylation sites (tertiary alicyclic amines) is 1. The van der Waals surface area contributed by atoms with E-state index in [2.05, 4.69) is 0 Å². The lowest BCUT2D eigenvalue weighted by atomic mass is 9.88. The summed E-state index contributed by atoms with van der Waals surface area (Å²) in [7, 11) is -6.51. The number of amides is 1. The highest BCUT2D eigenvalue weighted by atomic mass is 31.2. The lowest BCUT2D eigenvalue weighted by molar-refractivity contribution is -0.127. The van der Waals surface area contributed by atoms with E-state index in [1.165, 1.54) is 0 Å². The first-order valence-corrected chi connectivity index (χ1v) is 16.2. The summed E-state index contributed by atoms with van der Waals surface area (Å²) in [5, 5.41) is 0. The van der Waals surface area contributed by atoms with E-state index in [-0.39, 0.29) is 45.3 Å². The zero-order valence-corrected chi connectivity index (χ0v) is 24.6. The molecule has 2 aromatic carbocycles. The molecule has 2 aromatic rings. The predicted molar refractivity (Wildman–Crippen MR) is 147 cm³/mol. The summed E-state index contributed by atoms with van der Waals surface area (Å²) in [5.41, 5.74) is 1.22. The van der Waals surface area contributed by atoms with Crippen molar-refractivity contribution in [2.45, 2.75) is 51.1 Å². The minimum Gasteiger partial charge on any atom is -0.308 e. The Kier molecular flexibility index (Phi) is 8.70. The minimum atomic E-state index is -4.14. The number of anilines is 1. The van der Waals surface area contributed by atoms with Crippen molar-refractivity contribution in [1.29, 1.82) is 0 Å². The minimum absolute atomic E-state index is 0.0409. The number of hydrogen-bond donors (Lipinski definition) is 0. The molecular weight excluding hydrogens is 526 g/mol. The summed E-state index contributed by atoms with van der Waals surface area (Å²) in [4.78, 5) is 16.4. The summed E-state index contributed by atoms with van der Waals surface area (Å²) in [6.07, 6.45) is -0.105. The molecule has 1 fully saturated rings. The van der Waals surface area contributed by atoms with E-state index in [0.29, 0.717) is 6.54 Å². The lowest BCUT2D eigenvalue weighted by Crippen LogP contribution is -2.47. The van der Waals surface area contributed by atoms with Crippen molar-refractivity contribution in [3.8, 4) is 0 Å². The summed E-state index contributed by atoms with van der Waals surface area (Å²) in [5.74, 6) is -0.189. The predicted octanol–water partition coefficient (Wildman–Crippen LogP) is 5.99. The van der Waals surface area contributed by atoms with Crippen LogP contribution in [0.2, 0.25) is 0 Å². The molecule has 0 N–H and O–H groups in total. The van der Waals surface area contributed by atoms with E-state index < -0.39 is 25.6 Å². The van der Waals surface area contributed by atoms with E-state index in [1.807, 2.05) is 59.5 Å². The van der Waals surface area contributed by atoms with Crippen LogP contribution in [-0.4, -0.2) is 55.7 Å². The molecule has 9 nitrogen and oxygen atoms in total. The molecule has 1 saturated heterocycles. The monoisotopic (exact) mass is 564 g/mol. The lowest BCUT2D eigenvalue weighted by Gasteiger charge is -2.39. The Morgan fingerprint density at radius 2 is 1.29 bits per heavy atom. The zero-order valence-electron chi connectivity index (χ0n) is 22.8. The molecule has 38 heavy (non-hydrogen) atoms. The summed E-state index contributed by atoms with van der Waals surface area (Å²) in [6.45, 7) is 7.42. The van der Waals surface area contributed by atoms with Crippen LogP contribution in [0.5, 0.6) is 0 Å². The van der Waals surface area contributed by atoms with E-state index in [0.717, 1.165) is 16.8 Å². The van der Waals surface area contributed by atoms with Gasteiger partial charge in [-0.2, -0.15) is 0 Å². The van der Waals surface area contributed by atoms with Crippen LogP contribution in [0.4, 0.5) is 5.69 Å². The number of carbonyl (C=O) groups excluding carboxylic acids is 1. The van der Waals surface area contributed by atoms with Gasteiger partial charge < -0.3 is 23.0 Å². The van der Waals surface area contributed by atoms with Crippen molar-refractivity contribution >= 4 is 26.8 Å². The van der Waals surface area contributed by atoms with Crippen LogP contribution in [0.1, 0.15) is 45.2 Å². The summed E-state index contributed by atoms with van der Waals surface area (Å²) in [6, 6.07) is 17.3. The van der Waals surface area contributed by atoms with E-state index >= 15 is 0 Å². The topological polar surface area (TPSA) is 94.6 Å². The Labute approximate surface area is 225 Å². The molecule has 0 aliphatic carbocycles. The van der Waals surface area contributed by atoms with Gasteiger partial charge in [-0.1, -0.05) is 48.5 Å². The number of fused-ring (bicyclic) bond motifs is 2. The standard InChI is InChI=1S/C27H38N2O7P2/c1-6-33-37(31,34-7-2)26(38(32,35-8-3)36-9-4)20-27(28(5)21-26)23-17-13-14-18-24(23)29(25(27)30)19-22-15-11-10-12-16-22/h10-18H,6-9,19-21H2,1-5H3. The maximum absolute atomic E-state index is 14.7. The molecule has 4 rings (SSSR count). The Bertz CT molecular complexity index is 1190. The molecule has 0 radical (unpaired) electrons. The van der Waals surface area contributed by atoms with Crippen LogP contribution < -0.4 is 4.90 Å². The number of likely N-dealkylation sites (N-methyl/N-ethyl adjacent to an activating group) is 1. The van der Waals surface area contributed by atoms with Crippen LogP contribution in [0.25, 0.3) is 0 Å². The third-order valence-corrected chi connectivity index (χ3v) is 13.8. The first-order chi connectivity index (χ1) is 18.2. The average molecular weight is 565 g/mol. The number of rotatable bonds is 12. The zero-order chi connectivity index (χ0) is 27.6. The molecule has 0 aromatic heterocycles. The Morgan fingerprint density at radius 1 is 0.789 bits per heavy atom. The SMILES string of the molecule is CCOP(=O)(OCC)C1(P(=O)(OCC)OCC)CN(C)C2(C1)C(=O)N(Cc1ccccc1)c1ccccc12. The Hall–Kier alpha value is -1.83. The second-order valence-corrected chi connectivity index (χ2v) is 14.5. The van der Waals surface area contributed by atoms with Crippen LogP contribution in [0.3, 0.4) is 0 Å². The number of hydrogen-bond acceptors (Lipinski definition) is 8. The fourth-order valence-corrected chi connectivity index (χ4v) is 11.8. The van der Waals surface area contributed by atoms with E-state index in [4.69, 9.17) is 18.1 Å². The molecule has 1 amide bonds. The van der Waals surface area contributed by atoms with Gasteiger partial charge in [0.1, 0.15) is 5.54 Å². The van der Waals surface area contributed by atoms with Crippen molar-refractivity contribution in [3.63, 3.8) is 0 Å². The fraction of sp³-hybridized carbons (Fsp3) is 0.519. The molecule has 2 heterocycles. The first-order valence-electron chi connectivity index (χ1n) is 13.1. The van der Waals surface area contributed by atoms with Crippen molar-refractivity contribution in [1.82, 2.24) is 4.90 Å². The molecular formula is C27H38N2O7P2. The largest absolute Gasteiger partial charge is 0.350 e. The molecule has 1 unspecified atom stereocenters. The number of benzene rings is 2. The van der Waals surface area contributed by atoms with Crippen molar-refractivity contribution < 1.29 is 32.0 Å². The number of carbonyl (C=O) groups is 1. The van der Waals surface area contributed by atoms with Gasteiger partial charge in [0.2, 0.25) is 0 Å². The molecule has 0 bridgehead atoms.